The first-order chi connectivity index (χ1) is 11.6. The third-order valence-electron chi connectivity index (χ3n) is 3.60. The first-order valence-corrected chi connectivity index (χ1v) is 7.75. The predicted octanol–water partition coefficient (Wildman–Crippen LogP) is 4.50. The van der Waals surface area contributed by atoms with Gasteiger partial charge in [-0.05, 0) is 26.0 Å². The van der Waals surface area contributed by atoms with Crippen LogP contribution < -0.4 is 11.1 Å². The van der Waals surface area contributed by atoms with Gasteiger partial charge >= 0.3 is 0 Å². The predicted molar refractivity (Wildman–Crippen MR) is 112 cm³/mol. The molecule has 0 radical (unpaired) electrons. The van der Waals surface area contributed by atoms with E-state index in [0.29, 0.717) is 11.9 Å². The molecule has 3 N–H and O–H groups in total. The van der Waals surface area contributed by atoms with Gasteiger partial charge in [-0.2, -0.15) is 0 Å². The van der Waals surface area contributed by atoms with Gasteiger partial charge in [0.25, 0.3) is 0 Å². The van der Waals surface area contributed by atoms with Gasteiger partial charge < -0.3 is 15.5 Å². The molecule has 1 heterocycles. The number of nitrogens with zero attached hydrogens (tertiary/aromatic N) is 2. The van der Waals surface area contributed by atoms with E-state index in [1.807, 2.05) is 62.4 Å². The Hall–Kier alpha value is -2.35. The molecular formula is C19H21IN4O. The van der Waals surface area contributed by atoms with E-state index >= 15 is 0 Å². The monoisotopic (exact) mass is 448 g/mol. The van der Waals surface area contributed by atoms with Crippen LogP contribution in [0, 0.1) is 13.8 Å². The van der Waals surface area contributed by atoms with Crippen molar-refractivity contribution in [3.63, 3.8) is 0 Å². The zero-order valence-corrected chi connectivity index (χ0v) is 16.5. The molecule has 0 fully saturated rings. The van der Waals surface area contributed by atoms with Gasteiger partial charge in [0.2, 0.25) is 5.89 Å². The molecule has 3 aromatic rings. The third kappa shape index (κ3) is 5.32. The third-order valence-corrected chi connectivity index (χ3v) is 3.60. The number of nitrogens with two attached hydrogens (primary N) is 1. The summed E-state index contributed by atoms with van der Waals surface area (Å²) in [4.78, 5) is 8.51. The molecule has 2 aromatic carbocycles. The van der Waals surface area contributed by atoms with E-state index < -0.39 is 0 Å². The van der Waals surface area contributed by atoms with Crippen molar-refractivity contribution in [2.24, 2.45) is 10.7 Å². The quantitative estimate of drug-likeness (QED) is 0.350. The number of anilines is 1. The summed E-state index contributed by atoms with van der Waals surface area (Å²) in [6.45, 7) is 4.38. The molecule has 0 bridgehead atoms. The average molecular weight is 448 g/mol. The fourth-order valence-electron chi connectivity index (χ4n) is 2.21. The maximum atomic E-state index is 5.90. The second kappa shape index (κ2) is 8.66. The number of aliphatic imine (C=N–C) groups is 1. The molecule has 1 aromatic heterocycles. The SMILES string of the molecule is Cc1ccc(NC(N)=NCc2ncc(-c3ccc(C)cc3)o2)cc1.I. The van der Waals surface area contributed by atoms with E-state index in [1.54, 1.807) is 6.20 Å². The van der Waals surface area contributed by atoms with Crippen LogP contribution in [0.2, 0.25) is 0 Å². The van der Waals surface area contributed by atoms with Gasteiger partial charge in [-0.25, -0.2) is 9.98 Å². The van der Waals surface area contributed by atoms with Crippen molar-refractivity contribution in [3.8, 4) is 11.3 Å². The summed E-state index contributed by atoms with van der Waals surface area (Å²) in [5.74, 6) is 1.58. The van der Waals surface area contributed by atoms with Gasteiger partial charge in [0.1, 0.15) is 6.54 Å². The van der Waals surface area contributed by atoms with Crippen LogP contribution in [0.15, 0.2) is 64.1 Å². The second-order valence-corrected chi connectivity index (χ2v) is 5.68. The lowest BCUT2D eigenvalue weighted by Gasteiger charge is -2.05. The van der Waals surface area contributed by atoms with E-state index in [0.717, 1.165) is 17.0 Å². The smallest absolute Gasteiger partial charge is 0.216 e. The van der Waals surface area contributed by atoms with Crippen LogP contribution in [0.4, 0.5) is 5.69 Å². The van der Waals surface area contributed by atoms with Crippen LogP contribution >= 0.6 is 24.0 Å². The first kappa shape index (κ1) is 19.0. The highest BCUT2D eigenvalue weighted by Gasteiger charge is 2.06. The Balaban J connectivity index is 0.00000225. The Bertz CT molecular complexity index is 839. The summed E-state index contributed by atoms with van der Waals surface area (Å²) in [5, 5.41) is 3.04. The maximum Gasteiger partial charge on any atom is 0.216 e. The summed E-state index contributed by atoms with van der Waals surface area (Å²) in [6.07, 6.45) is 1.71. The molecule has 0 amide bonds. The van der Waals surface area contributed by atoms with Crippen molar-refractivity contribution in [1.29, 1.82) is 0 Å². The van der Waals surface area contributed by atoms with Crippen molar-refractivity contribution in [2.75, 3.05) is 5.32 Å². The standard InChI is InChI=1S/C19H20N4O.HI/c1-13-3-7-15(8-4-13)17-11-21-18(24-17)12-22-19(20)23-16-9-5-14(2)6-10-16;/h3-11H,12H2,1-2H3,(H3,20,22,23);1H. The van der Waals surface area contributed by atoms with Gasteiger partial charge in [0.15, 0.2) is 11.7 Å². The molecule has 5 nitrogen and oxygen atoms in total. The number of guanidine groups is 1. The Morgan fingerprint density at radius 1 is 1.04 bits per heavy atom. The highest BCUT2D eigenvalue weighted by Crippen LogP contribution is 2.21. The number of benzene rings is 2. The number of oxazole rings is 1. The van der Waals surface area contributed by atoms with Crippen molar-refractivity contribution in [3.05, 3.63) is 71.7 Å². The number of hydrogen-bond acceptors (Lipinski definition) is 3. The molecule has 6 heteroatoms. The highest BCUT2D eigenvalue weighted by molar-refractivity contribution is 14.0. The van der Waals surface area contributed by atoms with Crippen LogP contribution in [0.25, 0.3) is 11.3 Å². The van der Waals surface area contributed by atoms with Crippen molar-refractivity contribution in [2.45, 2.75) is 20.4 Å². The Morgan fingerprint density at radius 2 is 1.64 bits per heavy atom. The van der Waals surface area contributed by atoms with Gasteiger partial charge in [-0.15, -0.1) is 24.0 Å². The summed E-state index contributed by atoms with van der Waals surface area (Å²) >= 11 is 0. The molecular weight excluding hydrogens is 427 g/mol. The van der Waals surface area contributed by atoms with E-state index in [9.17, 15) is 0 Å². The number of hydrogen-bond donors (Lipinski definition) is 2. The minimum Gasteiger partial charge on any atom is -0.439 e. The average Bonchev–Trinajstić information content (AvgIpc) is 3.05. The zero-order chi connectivity index (χ0) is 16.9. The molecule has 0 saturated carbocycles. The summed E-state index contributed by atoms with van der Waals surface area (Å²) in [6, 6.07) is 16.0. The van der Waals surface area contributed by atoms with Crippen LogP contribution in [-0.2, 0) is 6.54 Å². The van der Waals surface area contributed by atoms with E-state index in [4.69, 9.17) is 10.2 Å². The maximum absolute atomic E-state index is 5.90. The van der Waals surface area contributed by atoms with Gasteiger partial charge in [-0.1, -0.05) is 47.5 Å². The zero-order valence-electron chi connectivity index (χ0n) is 14.2. The number of halogens is 1. The summed E-state index contributed by atoms with van der Waals surface area (Å²) < 4.78 is 5.72. The molecule has 0 atom stereocenters. The summed E-state index contributed by atoms with van der Waals surface area (Å²) in [7, 11) is 0. The molecule has 0 saturated heterocycles. The van der Waals surface area contributed by atoms with Crippen LogP contribution in [0.1, 0.15) is 17.0 Å². The van der Waals surface area contributed by atoms with E-state index in [1.165, 1.54) is 11.1 Å². The van der Waals surface area contributed by atoms with Gasteiger partial charge in [0, 0.05) is 11.3 Å². The molecule has 0 aliphatic rings. The van der Waals surface area contributed by atoms with Gasteiger partial charge in [-0.3, -0.25) is 0 Å². The van der Waals surface area contributed by atoms with Crippen LogP contribution in [-0.4, -0.2) is 10.9 Å². The first-order valence-electron chi connectivity index (χ1n) is 7.75. The van der Waals surface area contributed by atoms with Crippen LogP contribution in [0.5, 0.6) is 0 Å². The Morgan fingerprint density at radius 3 is 2.28 bits per heavy atom. The lowest BCUT2D eigenvalue weighted by atomic mass is 10.1. The molecule has 3 rings (SSSR count). The minimum atomic E-state index is 0. The molecule has 0 unspecified atom stereocenters. The van der Waals surface area contributed by atoms with Crippen LogP contribution in [0.3, 0.4) is 0 Å². The Labute approximate surface area is 164 Å². The molecule has 0 aliphatic carbocycles. The fourth-order valence-corrected chi connectivity index (χ4v) is 2.21. The lowest BCUT2D eigenvalue weighted by molar-refractivity contribution is 0.510. The lowest BCUT2D eigenvalue weighted by Crippen LogP contribution is -2.22. The largest absolute Gasteiger partial charge is 0.439 e. The number of rotatable bonds is 4. The van der Waals surface area contributed by atoms with Gasteiger partial charge in [0.05, 0.1) is 6.20 Å². The second-order valence-electron chi connectivity index (χ2n) is 5.68. The molecule has 25 heavy (non-hydrogen) atoms. The number of aromatic nitrogens is 1. The minimum absolute atomic E-state index is 0. The summed E-state index contributed by atoms with van der Waals surface area (Å²) in [5.41, 5.74) is 10.2. The number of nitrogens with one attached hydrogen (secondary N) is 1. The Kier molecular flexibility index (Phi) is 6.58. The van der Waals surface area contributed by atoms with Crippen molar-refractivity contribution >= 4 is 35.6 Å². The van der Waals surface area contributed by atoms with Crippen molar-refractivity contribution < 1.29 is 4.42 Å². The number of aryl methyl sites for hydroxylation is 2. The van der Waals surface area contributed by atoms with Crippen molar-refractivity contribution in [1.82, 2.24) is 4.98 Å². The highest BCUT2D eigenvalue weighted by atomic mass is 127. The normalized spacial score (nSPS) is 11.0. The fraction of sp³-hybridized carbons (Fsp3) is 0.158. The van der Waals surface area contributed by atoms with E-state index in [2.05, 4.69) is 15.3 Å². The molecule has 130 valence electrons. The van der Waals surface area contributed by atoms with E-state index in [-0.39, 0.29) is 30.5 Å². The topological polar surface area (TPSA) is 76.4 Å². The molecule has 0 aliphatic heterocycles. The molecule has 0 spiro atoms.